The Kier molecular flexibility index (Phi) is 5.88. The standard InChI is InChI=1S/C16H21Cl2NO/c1-2-12-5-4-9-19(11-12)10-8-15(20)13-6-3-7-14(17)16(13)18/h3,6-7,12H,2,4-5,8-11H2,1H3. The predicted molar refractivity (Wildman–Crippen MR) is 84.9 cm³/mol. The van der Waals surface area contributed by atoms with E-state index in [1.807, 2.05) is 0 Å². The zero-order valence-corrected chi connectivity index (χ0v) is 13.4. The average molecular weight is 314 g/mol. The van der Waals surface area contributed by atoms with Crippen LogP contribution in [0.2, 0.25) is 10.0 Å². The van der Waals surface area contributed by atoms with Gasteiger partial charge < -0.3 is 4.90 Å². The summed E-state index contributed by atoms with van der Waals surface area (Å²) in [6, 6.07) is 5.23. The van der Waals surface area contributed by atoms with Crippen LogP contribution in [0.3, 0.4) is 0 Å². The molecule has 0 spiro atoms. The molecule has 1 aromatic rings. The molecule has 1 heterocycles. The van der Waals surface area contributed by atoms with Gasteiger partial charge in [-0.25, -0.2) is 0 Å². The Bertz CT molecular complexity index is 476. The van der Waals surface area contributed by atoms with Crippen LogP contribution in [0.25, 0.3) is 0 Å². The molecule has 2 rings (SSSR count). The van der Waals surface area contributed by atoms with E-state index < -0.39 is 0 Å². The second kappa shape index (κ2) is 7.44. The number of benzene rings is 1. The zero-order valence-electron chi connectivity index (χ0n) is 11.9. The number of hydrogen-bond acceptors (Lipinski definition) is 2. The van der Waals surface area contributed by atoms with E-state index >= 15 is 0 Å². The lowest BCUT2D eigenvalue weighted by Gasteiger charge is -2.32. The van der Waals surface area contributed by atoms with Crippen LogP contribution in [-0.4, -0.2) is 30.3 Å². The van der Waals surface area contributed by atoms with Crippen LogP contribution >= 0.6 is 23.2 Å². The van der Waals surface area contributed by atoms with Crippen LogP contribution in [-0.2, 0) is 0 Å². The third kappa shape index (κ3) is 3.97. The Morgan fingerprint density at radius 1 is 1.40 bits per heavy atom. The Hall–Kier alpha value is -0.570. The van der Waals surface area contributed by atoms with E-state index in [-0.39, 0.29) is 5.78 Å². The number of rotatable bonds is 5. The van der Waals surface area contributed by atoms with Crippen molar-refractivity contribution in [2.45, 2.75) is 32.6 Å². The number of Topliss-reactive ketones (excluding diaryl/α,β-unsaturated/α-hetero) is 1. The van der Waals surface area contributed by atoms with Crippen LogP contribution in [0.5, 0.6) is 0 Å². The van der Waals surface area contributed by atoms with E-state index in [1.54, 1.807) is 18.2 Å². The molecule has 1 aromatic carbocycles. The van der Waals surface area contributed by atoms with Crippen LogP contribution < -0.4 is 0 Å². The summed E-state index contributed by atoms with van der Waals surface area (Å²) in [7, 11) is 0. The van der Waals surface area contributed by atoms with Crippen LogP contribution in [0.1, 0.15) is 43.0 Å². The Morgan fingerprint density at radius 2 is 2.20 bits per heavy atom. The lowest BCUT2D eigenvalue weighted by Crippen LogP contribution is -2.36. The number of ketones is 1. The summed E-state index contributed by atoms with van der Waals surface area (Å²) in [5, 5.41) is 0.825. The van der Waals surface area contributed by atoms with Gasteiger partial charge in [-0.2, -0.15) is 0 Å². The lowest BCUT2D eigenvalue weighted by atomic mass is 9.95. The van der Waals surface area contributed by atoms with Crippen molar-refractivity contribution in [3.63, 3.8) is 0 Å². The highest BCUT2D eigenvalue weighted by molar-refractivity contribution is 6.43. The average Bonchev–Trinajstić information content (AvgIpc) is 2.48. The van der Waals surface area contributed by atoms with E-state index in [0.717, 1.165) is 25.6 Å². The molecule has 2 nitrogen and oxygen atoms in total. The summed E-state index contributed by atoms with van der Waals surface area (Å²) < 4.78 is 0. The smallest absolute Gasteiger partial charge is 0.165 e. The fraction of sp³-hybridized carbons (Fsp3) is 0.562. The molecule has 1 unspecified atom stereocenters. The molecule has 0 saturated carbocycles. The molecule has 20 heavy (non-hydrogen) atoms. The Labute approximate surface area is 131 Å². The summed E-state index contributed by atoms with van der Waals surface area (Å²) >= 11 is 12.0. The molecule has 1 saturated heterocycles. The van der Waals surface area contributed by atoms with Crippen molar-refractivity contribution in [3.05, 3.63) is 33.8 Å². The highest BCUT2D eigenvalue weighted by Crippen LogP contribution is 2.26. The molecule has 110 valence electrons. The quantitative estimate of drug-likeness (QED) is 0.735. The zero-order chi connectivity index (χ0) is 14.5. The first-order valence-electron chi connectivity index (χ1n) is 7.31. The topological polar surface area (TPSA) is 20.3 Å². The number of nitrogens with zero attached hydrogens (tertiary/aromatic N) is 1. The third-order valence-corrected chi connectivity index (χ3v) is 4.91. The number of piperidine rings is 1. The molecular weight excluding hydrogens is 293 g/mol. The SMILES string of the molecule is CCC1CCCN(CCC(=O)c2cccc(Cl)c2Cl)C1. The van der Waals surface area contributed by atoms with Crippen molar-refractivity contribution in [3.8, 4) is 0 Å². The molecule has 1 atom stereocenters. The van der Waals surface area contributed by atoms with Gasteiger partial charge in [0.15, 0.2) is 5.78 Å². The summed E-state index contributed by atoms with van der Waals surface area (Å²) in [6.45, 7) is 5.28. The maximum absolute atomic E-state index is 12.2. The van der Waals surface area contributed by atoms with Gasteiger partial charge in [0, 0.05) is 25.1 Å². The molecule has 4 heteroatoms. The van der Waals surface area contributed by atoms with Crippen molar-refractivity contribution < 1.29 is 4.79 Å². The van der Waals surface area contributed by atoms with Gasteiger partial charge in [-0.05, 0) is 37.4 Å². The number of halogens is 2. The summed E-state index contributed by atoms with van der Waals surface area (Å²) in [5.74, 6) is 0.865. The van der Waals surface area contributed by atoms with Crippen molar-refractivity contribution in [2.24, 2.45) is 5.92 Å². The molecule has 1 aliphatic rings. The predicted octanol–water partition coefficient (Wildman–Crippen LogP) is 4.69. The number of likely N-dealkylation sites (tertiary alicyclic amines) is 1. The van der Waals surface area contributed by atoms with Gasteiger partial charge in [0.25, 0.3) is 0 Å². The molecule has 0 aromatic heterocycles. The Morgan fingerprint density at radius 3 is 2.95 bits per heavy atom. The fourth-order valence-corrected chi connectivity index (χ4v) is 3.21. The first kappa shape index (κ1) is 15.8. The van der Waals surface area contributed by atoms with Crippen molar-refractivity contribution >= 4 is 29.0 Å². The maximum atomic E-state index is 12.2. The molecule has 0 N–H and O–H groups in total. The normalized spacial score (nSPS) is 20.1. The van der Waals surface area contributed by atoms with Gasteiger partial charge in [-0.15, -0.1) is 0 Å². The summed E-state index contributed by atoms with van der Waals surface area (Å²) in [6.07, 6.45) is 4.30. The van der Waals surface area contributed by atoms with Crippen molar-refractivity contribution in [2.75, 3.05) is 19.6 Å². The first-order valence-corrected chi connectivity index (χ1v) is 8.07. The van der Waals surface area contributed by atoms with Crippen LogP contribution in [0, 0.1) is 5.92 Å². The van der Waals surface area contributed by atoms with Gasteiger partial charge in [0.2, 0.25) is 0 Å². The van der Waals surface area contributed by atoms with Crippen molar-refractivity contribution in [1.29, 1.82) is 0 Å². The molecule has 1 aliphatic heterocycles. The highest BCUT2D eigenvalue weighted by Gasteiger charge is 2.20. The highest BCUT2D eigenvalue weighted by atomic mass is 35.5. The number of carbonyl (C=O) groups is 1. The maximum Gasteiger partial charge on any atom is 0.165 e. The van der Waals surface area contributed by atoms with Gasteiger partial charge in [-0.1, -0.05) is 42.6 Å². The molecule has 0 amide bonds. The van der Waals surface area contributed by atoms with E-state index in [9.17, 15) is 4.79 Å². The summed E-state index contributed by atoms with van der Waals surface area (Å²) in [5.41, 5.74) is 0.545. The number of hydrogen-bond donors (Lipinski definition) is 0. The lowest BCUT2D eigenvalue weighted by molar-refractivity contribution is 0.0945. The third-order valence-electron chi connectivity index (χ3n) is 4.09. The number of carbonyl (C=O) groups excluding carboxylic acids is 1. The van der Waals surface area contributed by atoms with E-state index in [2.05, 4.69) is 11.8 Å². The minimum atomic E-state index is 0.0797. The fourth-order valence-electron chi connectivity index (χ4n) is 2.80. The van der Waals surface area contributed by atoms with E-state index in [4.69, 9.17) is 23.2 Å². The summed E-state index contributed by atoms with van der Waals surface area (Å²) in [4.78, 5) is 14.6. The second-order valence-corrected chi connectivity index (χ2v) is 6.28. The van der Waals surface area contributed by atoms with E-state index in [0.29, 0.717) is 22.0 Å². The van der Waals surface area contributed by atoms with Gasteiger partial charge in [0.05, 0.1) is 10.0 Å². The molecule has 0 radical (unpaired) electrons. The van der Waals surface area contributed by atoms with Gasteiger partial charge >= 0.3 is 0 Å². The minimum absolute atomic E-state index is 0.0797. The van der Waals surface area contributed by atoms with Crippen molar-refractivity contribution in [1.82, 2.24) is 4.90 Å². The second-order valence-electron chi connectivity index (χ2n) is 5.49. The van der Waals surface area contributed by atoms with Gasteiger partial charge in [-0.3, -0.25) is 4.79 Å². The van der Waals surface area contributed by atoms with Gasteiger partial charge in [0.1, 0.15) is 0 Å². The van der Waals surface area contributed by atoms with Crippen LogP contribution in [0.4, 0.5) is 0 Å². The molecule has 0 aliphatic carbocycles. The molecule has 1 fully saturated rings. The molecule has 0 bridgehead atoms. The first-order chi connectivity index (χ1) is 9.61. The van der Waals surface area contributed by atoms with Crippen LogP contribution in [0.15, 0.2) is 18.2 Å². The largest absolute Gasteiger partial charge is 0.303 e. The monoisotopic (exact) mass is 313 g/mol. The Balaban J connectivity index is 1.90. The molecular formula is C16H21Cl2NO. The minimum Gasteiger partial charge on any atom is -0.303 e. The van der Waals surface area contributed by atoms with E-state index in [1.165, 1.54) is 19.3 Å².